The van der Waals surface area contributed by atoms with Crippen molar-refractivity contribution < 1.29 is 23.1 Å². The minimum absolute atomic E-state index is 0.00359. The fourth-order valence-corrected chi connectivity index (χ4v) is 2.34. The van der Waals surface area contributed by atoms with Crippen LogP contribution in [0.4, 0.5) is 13.2 Å². The third-order valence-electron chi connectivity index (χ3n) is 3.48. The summed E-state index contributed by atoms with van der Waals surface area (Å²) in [6, 6.07) is 5.13. The number of likely N-dealkylation sites (tertiary alicyclic amines) is 1. The number of amides is 1. The standard InChI is InChI=1S/C14H16F3NO2/c15-14(16,17)12-4-2-1-3-10(12)9-13(20)18-7-5-11(19)6-8-18/h1-4,11,19H,5-9H2. The Morgan fingerprint density at radius 3 is 2.45 bits per heavy atom. The molecule has 0 atom stereocenters. The van der Waals surface area contributed by atoms with Crippen LogP contribution in [0.25, 0.3) is 0 Å². The highest BCUT2D eigenvalue weighted by Crippen LogP contribution is 2.32. The summed E-state index contributed by atoms with van der Waals surface area (Å²) < 4.78 is 38.5. The average molecular weight is 287 g/mol. The van der Waals surface area contributed by atoms with Gasteiger partial charge in [0.25, 0.3) is 0 Å². The van der Waals surface area contributed by atoms with Gasteiger partial charge < -0.3 is 10.0 Å². The molecule has 3 nitrogen and oxygen atoms in total. The number of hydrogen-bond donors (Lipinski definition) is 1. The molecule has 0 unspecified atom stereocenters. The number of aliphatic hydroxyl groups is 1. The Balaban J connectivity index is 2.08. The summed E-state index contributed by atoms with van der Waals surface area (Å²) in [5.41, 5.74) is -0.762. The first kappa shape index (κ1) is 14.8. The monoisotopic (exact) mass is 287 g/mol. The molecule has 1 aromatic carbocycles. The molecule has 110 valence electrons. The van der Waals surface area contributed by atoms with Gasteiger partial charge in [0.1, 0.15) is 0 Å². The lowest BCUT2D eigenvalue weighted by Crippen LogP contribution is -2.41. The Morgan fingerprint density at radius 1 is 1.25 bits per heavy atom. The SMILES string of the molecule is O=C(Cc1ccccc1C(F)(F)F)N1CCC(O)CC1. The summed E-state index contributed by atoms with van der Waals surface area (Å²) in [7, 11) is 0. The minimum Gasteiger partial charge on any atom is -0.393 e. The van der Waals surface area contributed by atoms with Crippen molar-refractivity contribution in [1.82, 2.24) is 4.90 Å². The highest BCUT2D eigenvalue weighted by atomic mass is 19.4. The summed E-state index contributed by atoms with van der Waals surface area (Å²) in [6.07, 6.45) is -4.17. The van der Waals surface area contributed by atoms with E-state index in [1.54, 1.807) is 0 Å². The Kier molecular flexibility index (Phi) is 4.32. The van der Waals surface area contributed by atoms with E-state index in [0.717, 1.165) is 6.07 Å². The van der Waals surface area contributed by atoms with Gasteiger partial charge in [-0.3, -0.25) is 4.79 Å². The van der Waals surface area contributed by atoms with Gasteiger partial charge in [0.2, 0.25) is 5.91 Å². The second kappa shape index (κ2) is 5.83. The molecule has 0 aliphatic carbocycles. The molecule has 1 amide bonds. The normalized spacial score (nSPS) is 17.3. The molecular formula is C14H16F3NO2. The molecule has 1 aliphatic rings. The number of halogens is 3. The molecule has 0 bridgehead atoms. The molecule has 20 heavy (non-hydrogen) atoms. The van der Waals surface area contributed by atoms with E-state index in [1.165, 1.54) is 23.1 Å². The van der Waals surface area contributed by atoms with Crippen molar-refractivity contribution in [2.45, 2.75) is 31.5 Å². The van der Waals surface area contributed by atoms with Gasteiger partial charge in [-0.05, 0) is 24.5 Å². The van der Waals surface area contributed by atoms with Crippen LogP contribution in [0.3, 0.4) is 0 Å². The Labute approximate surface area is 115 Å². The zero-order valence-corrected chi connectivity index (χ0v) is 10.9. The van der Waals surface area contributed by atoms with E-state index >= 15 is 0 Å². The number of nitrogens with zero attached hydrogens (tertiary/aromatic N) is 1. The second-order valence-corrected chi connectivity index (χ2v) is 4.94. The third-order valence-corrected chi connectivity index (χ3v) is 3.48. The highest BCUT2D eigenvalue weighted by Gasteiger charge is 2.33. The number of aliphatic hydroxyl groups excluding tert-OH is 1. The summed E-state index contributed by atoms with van der Waals surface area (Å²) >= 11 is 0. The quantitative estimate of drug-likeness (QED) is 0.906. The molecule has 1 heterocycles. The molecule has 0 spiro atoms. The molecule has 1 aromatic rings. The van der Waals surface area contributed by atoms with Crippen LogP contribution in [-0.2, 0) is 17.4 Å². The van der Waals surface area contributed by atoms with Crippen molar-refractivity contribution in [2.24, 2.45) is 0 Å². The maximum atomic E-state index is 12.8. The van der Waals surface area contributed by atoms with Gasteiger partial charge in [-0.15, -0.1) is 0 Å². The van der Waals surface area contributed by atoms with Crippen LogP contribution < -0.4 is 0 Å². The Hall–Kier alpha value is -1.56. The van der Waals surface area contributed by atoms with Gasteiger partial charge in [-0.1, -0.05) is 18.2 Å². The number of benzene rings is 1. The number of piperidine rings is 1. The van der Waals surface area contributed by atoms with Gasteiger partial charge in [0.05, 0.1) is 18.1 Å². The highest BCUT2D eigenvalue weighted by molar-refractivity contribution is 5.79. The molecular weight excluding hydrogens is 271 g/mol. The molecule has 1 aliphatic heterocycles. The smallest absolute Gasteiger partial charge is 0.393 e. The molecule has 1 N–H and O–H groups in total. The molecule has 0 radical (unpaired) electrons. The van der Waals surface area contributed by atoms with Crippen LogP contribution in [0.2, 0.25) is 0 Å². The predicted molar refractivity (Wildman–Crippen MR) is 67.0 cm³/mol. The van der Waals surface area contributed by atoms with Gasteiger partial charge in [0, 0.05) is 13.1 Å². The van der Waals surface area contributed by atoms with Crippen molar-refractivity contribution in [2.75, 3.05) is 13.1 Å². The van der Waals surface area contributed by atoms with Gasteiger partial charge >= 0.3 is 6.18 Å². The molecule has 0 saturated carbocycles. The fraction of sp³-hybridized carbons (Fsp3) is 0.500. The van der Waals surface area contributed by atoms with E-state index in [2.05, 4.69) is 0 Å². The van der Waals surface area contributed by atoms with E-state index in [9.17, 15) is 23.1 Å². The van der Waals surface area contributed by atoms with Crippen molar-refractivity contribution in [1.29, 1.82) is 0 Å². The molecule has 2 rings (SSSR count). The average Bonchev–Trinajstić information content (AvgIpc) is 2.38. The summed E-state index contributed by atoms with van der Waals surface area (Å²) in [5, 5.41) is 9.36. The minimum atomic E-state index is -4.45. The third kappa shape index (κ3) is 3.50. The Bertz CT molecular complexity index is 480. The van der Waals surface area contributed by atoms with Crippen LogP contribution in [0.15, 0.2) is 24.3 Å². The van der Waals surface area contributed by atoms with Crippen molar-refractivity contribution in [3.8, 4) is 0 Å². The molecule has 1 saturated heterocycles. The lowest BCUT2D eigenvalue weighted by Gasteiger charge is -2.30. The maximum Gasteiger partial charge on any atom is 0.416 e. The summed E-state index contributed by atoms with van der Waals surface area (Å²) in [6.45, 7) is 0.794. The van der Waals surface area contributed by atoms with Gasteiger partial charge in [0.15, 0.2) is 0 Å². The first-order chi connectivity index (χ1) is 9.38. The van der Waals surface area contributed by atoms with Crippen LogP contribution in [-0.4, -0.2) is 35.1 Å². The Morgan fingerprint density at radius 2 is 1.85 bits per heavy atom. The number of carbonyl (C=O) groups excluding carboxylic acids is 1. The van der Waals surface area contributed by atoms with E-state index in [0.29, 0.717) is 25.9 Å². The summed E-state index contributed by atoms with van der Waals surface area (Å²) in [5.74, 6) is -0.325. The lowest BCUT2D eigenvalue weighted by molar-refractivity contribution is -0.138. The number of alkyl halides is 3. The maximum absolute atomic E-state index is 12.8. The molecule has 1 fully saturated rings. The number of rotatable bonds is 2. The first-order valence-corrected chi connectivity index (χ1v) is 6.49. The van der Waals surface area contributed by atoms with E-state index in [4.69, 9.17) is 0 Å². The fourth-order valence-electron chi connectivity index (χ4n) is 2.34. The van der Waals surface area contributed by atoms with Crippen LogP contribution >= 0.6 is 0 Å². The van der Waals surface area contributed by atoms with Gasteiger partial charge in [-0.2, -0.15) is 13.2 Å². The zero-order chi connectivity index (χ0) is 14.8. The zero-order valence-electron chi connectivity index (χ0n) is 10.9. The first-order valence-electron chi connectivity index (χ1n) is 6.49. The summed E-state index contributed by atoms with van der Waals surface area (Å²) in [4.78, 5) is 13.5. The second-order valence-electron chi connectivity index (χ2n) is 4.94. The van der Waals surface area contributed by atoms with Crippen LogP contribution in [0.5, 0.6) is 0 Å². The lowest BCUT2D eigenvalue weighted by atomic mass is 10.0. The largest absolute Gasteiger partial charge is 0.416 e. The molecule has 6 heteroatoms. The van der Waals surface area contributed by atoms with Gasteiger partial charge in [-0.25, -0.2) is 0 Å². The van der Waals surface area contributed by atoms with Crippen LogP contribution in [0, 0.1) is 0 Å². The van der Waals surface area contributed by atoms with Crippen molar-refractivity contribution >= 4 is 5.91 Å². The van der Waals surface area contributed by atoms with E-state index < -0.39 is 17.8 Å². The van der Waals surface area contributed by atoms with Crippen molar-refractivity contribution in [3.05, 3.63) is 35.4 Å². The predicted octanol–water partition coefficient (Wildman–Crippen LogP) is 2.23. The topological polar surface area (TPSA) is 40.5 Å². The number of carbonyl (C=O) groups is 1. The van der Waals surface area contributed by atoms with E-state index in [-0.39, 0.29) is 17.9 Å². The number of hydrogen-bond acceptors (Lipinski definition) is 2. The molecule has 0 aromatic heterocycles. The van der Waals surface area contributed by atoms with Crippen LogP contribution in [0.1, 0.15) is 24.0 Å². The van der Waals surface area contributed by atoms with Crippen molar-refractivity contribution in [3.63, 3.8) is 0 Å². The van der Waals surface area contributed by atoms with E-state index in [1.807, 2.05) is 0 Å².